The molecule has 0 aliphatic heterocycles. The van der Waals surface area contributed by atoms with Gasteiger partial charge in [-0.05, 0) is 67.6 Å². The Bertz CT molecular complexity index is 1600. The van der Waals surface area contributed by atoms with Crippen LogP contribution in [0.25, 0.3) is 0 Å². The number of hydrogen-bond donors (Lipinski definition) is 1. The number of ether oxygens (including phenoxy) is 1. The van der Waals surface area contributed by atoms with Crippen LogP contribution < -0.4 is 5.32 Å². The average Bonchev–Trinajstić information content (AvgIpc) is 2.94. The number of nitrogens with one attached hydrogen (secondary N) is 1. The Morgan fingerprint density at radius 3 is 1.82 bits per heavy atom. The smallest absolute Gasteiger partial charge is 0.354 e. The summed E-state index contributed by atoms with van der Waals surface area (Å²) >= 11 is 0. The molecule has 1 fully saturated rings. The highest BCUT2D eigenvalue weighted by atomic mass is 32.2. The molecule has 1 saturated carbocycles. The van der Waals surface area contributed by atoms with Gasteiger partial charge in [0.2, 0.25) is 5.91 Å². The van der Waals surface area contributed by atoms with Crippen LogP contribution >= 0.6 is 0 Å². The first kappa shape index (κ1) is 34.3. The number of rotatable bonds is 8. The third-order valence-electron chi connectivity index (χ3n) is 7.95. The first-order valence-electron chi connectivity index (χ1n) is 13.4. The Kier molecular flexibility index (Phi) is 9.38. The summed E-state index contributed by atoms with van der Waals surface area (Å²) in [6, 6.07) is 7.90. The predicted octanol–water partition coefficient (Wildman–Crippen LogP) is 7.39. The van der Waals surface area contributed by atoms with Crippen molar-refractivity contribution in [3.63, 3.8) is 0 Å². The molecule has 1 aliphatic carbocycles. The molecule has 3 aromatic rings. The third kappa shape index (κ3) is 6.28. The molecule has 1 aliphatic rings. The minimum absolute atomic E-state index is 0.0914. The SMILES string of the molecule is CC(=O)N[C@H]1CC[C@@](c2ccc(C(OCc3c(F)cccc3F)(C(F)(F)F)C(F)(F)F)cc2)(S(=O)(=O)c2ccc(F)cc2)CC1. The molecule has 3 aromatic carbocycles. The Labute approximate surface area is 252 Å². The van der Waals surface area contributed by atoms with E-state index in [1.54, 1.807) is 0 Å². The first-order valence-corrected chi connectivity index (χ1v) is 14.9. The van der Waals surface area contributed by atoms with Crippen LogP contribution in [-0.4, -0.2) is 32.7 Å². The van der Waals surface area contributed by atoms with Gasteiger partial charge in [-0.2, -0.15) is 26.3 Å². The number of carbonyl (C=O) groups is 1. The summed E-state index contributed by atoms with van der Waals surface area (Å²) in [7, 11) is -4.44. The number of alkyl halides is 6. The molecule has 244 valence electrons. The standard InChI is InChI=1S/C30H26F9NO4S/c1-18(41)40-22-13-15-27(16-14-22,45(42,43)23-11-9-21(31)10-12-23)19-5-7-20(8-6-19)28(29(34,35)36,30(37,38)39)44-17-24-25(32)3-2-4-26(24)33/h2-12,22H,13-17H2,1H3,(H,40,41)/t22-,27+. The van der Waals surface area contributed by atoms with Gasteiger partial charge in [0.25, 0.3) is 5.60 Å². The molecule has 4 rings (SSSR count). The Morgan fingerprint density at radius 1 is 0.844 bits per heavy atom. The average molecular weight is 668 g/mol. The van der Waals surface area contributed by atoms with Gasteiger partial charge in [0.1, 0.15) is 22.2 Å². The van der Waals surface area contributed by atoms with E-state index in [9.17, 15) is 52.7 Å². The second-order valence-corrected chi connectivity index (χ2v) is 12.9. The number of sulfone groups is 1. The Hall–Kier alpha value is -3.59. The molecular weight excluding hydrogens is 641 g/mol. The van der Waals surface area contributed by atoms with Crippen molar-refractivity contribution in [3.8, 4) is 0 Å². The number of benzene rings is 3. The molecule has 5 nitrogen and oxygen atoms in total. The molecule has 45 heavy (non-hydrogen) atoms. The van der Waals surface area contributed by atoms with Crippen LogP contribution in [0.3, 0.4) is 0 Å². The Morgan fingerprint density at radius 2 is 1.36 bits per heavy atom. The summed E-state index contributed by atoms with van der Waals surface area (Å²) in [5.74, 6) is -3.98. The molecule has 0 unspecified atom stereocenters. The van der Waals surface area contributed by atoms with Gasteiger partial charge in [-0.1, -0.05) is 30.3 Å². The van der Waals surface area contributed by atoms with E-state index in [2.05, 4.69) is 10.1 Å². The number of carbonyl (C=O) groups excluding carboxylic acids is 1. The van der Waals surface area contributed by atoms with E-state index >= 15 is 0 Å². The van der Waals surface area contributed by atoms with Crippen molar-refractivity contribution in [2.45, 2.75) is 72.9 Å². The van der Waals surface area contributed by atoms with Crippen molar-refractivity contribution >= 4 is 15.7 Å². The maximum atomic E-state index is 14.4. The number of halogens is 9. The summed E-state index contributed by atoms with van der Waals surface area (Å²) in [4.78, 5) is 11.2. The predicted molar refractivity (Wildman–Crippen MR) is 143 cm³/mol. The van der Waals surface area contributed by atoms with E-state index in [0.29, 0.717) is 24.3 Å². The highest BCUT2D eigenvalue weighted by molar-refractivity contribution is 7.92. The van der Waals surface area contributed by atoms with E-state index < -0.39 is 73.8 Å². The van der Waals surface area contributed by atoms with E-state index in [4.69, 9.17) is 0 Å². The maximum Gasteiger partial charge on any atom is 0.430 e. The van der Waals surface area contributed by atoms with Gasteiger partial charge in [-0.3, -0.25) is 4.79 Å². The van der Waals surface area contributed by atoms with Crippen LogP contribution in [0.4, 0.5) is 39.5 Å². The molecule has 0 radical (unpaired) electrons. The van der Waals surface area contributed by atoms with Crippen molar-refractivity contribution in [3.05, 3.63) is 101 Å². The van der Waals surface area contributed by atoms with Crippen molar-refractivity contribution in [1.82, 2.24) is 5.32 Å². The molecule has 1 amide bonds. The lowest BCUT2D eigenvalue weighted by molar-refractivity contribution is -0.392. The maximum absolute atomic E-state index is 14.4. The minimum atomic E-state index is -6.19. The van der Waals surface area contributed by atoms with Crippen LogP contribution in [0.2, 0.25) is 0 Å². The fourth-order valence-electron chi connectivity index (χ4n) is 5.66. The highest BCUT2D eigenvalue weighted by Gasteiger charge is 2.73. The van der Waals surface area contributed by atoms with Gasteiger partial charge in [0, 0.05) is 24.1 Å². The van der Waals surface area contributed by atoms with E-state index in [-0.39, 0.29) is 42.0 Å². The molecule has 1 N–H and O–H groups in total. The fraction of sp³-hybridized carbons (Fsp3) is 0.367. The van der Waals surface area contributed by atoms with Crippen LogP contribution in [-0.2, 0) is 36.3 Å². The largest absolute Gasteiger partial charge is 0.430 e. The molecule has 0 atom stereocenters. The molecule has 0 saturated heterocycles. The third-order valence-corrected chi connectivity index (χ3v) is 10.5. The zero-order valence-corrected chi connectivity index (χ0v) is 24.2. The lowest BCUT2D eigenvalue weighted by Gasteiger charge is -2.41. The van der Waals surface area contributed by atoms with Crippen LogP contribution in [0.1, 0.15) is 49.3 Å². The Balaban J connectivity index is 1.83. The van der Waals surface area contributed by atoms with Gasteiger partial charge in [0.05, 0.1) is 11.5 Å². The quantitative estimate of drug-likeness (QED) is 0.201. The lowest BCUT2D eigenvalue weighted by Crippen LogP contribution is -2.56. The van der Waals surface area contributed by atoms with Gasteiger partial charge in [-0.15, -0.1) is 0 Å². The second-order valence-electron chi connectivity index (χ2n) is 10.7. The zero-order valence-electron chi connectivity index (χ0n) is 23.4. The zero-order chi connectivity index (χ0) is 33.4. The summed E-state index contributed by atoms with van der Waals surface area (Å²) in [5, 5.41) is 2.66. The molecule has 0 aromatic heterocycles. The molecule has 15 heteroatoms. The number of hydrogen-bond acceptors (Lipinski definition) is 4. The molecule has 0 spiro atoms. The van der Waals surface area contributed by atoms with Crippen LogP contribution in [0.15, 0.2) is 71.6 Å². The van der Waals surface area contributed by atoms with Gasteiger partial charge >= 0.3 is 12.4 Å². The van der Waals surface area contributed by atoms with Crippen molar-refractivity contribution in [1.29, 1.82) is 0 Å². The molecule has 0 heterocycles. The van der Waals surface area contributed by atoms with Gasteiger partial charge < -0.3 is 10.1 Å². The summed E-state index contributed by atoms with van der Waals surface area (Å²) < 4.78 is 159. The van der Waals surface area contributed by atoms with Crippen LogP contribution in [0, 0.1) is 17.5 Å². The van der Waals surface area contributed by atoms with E-state index in [1.807, 2.05) is 0 Å². The lowest BCUT2D eigenvalue weighted by atomic mass is 9.79. The van der Waals surface area contributed by atoms with E-state index in [0.717, 1.165) is 42.5 Å². The summed E-state index contributed by atoms with van der Waals surface area (Å²) in [6.07, 6.45) is -12.6. The number of amides is 1. The normalized spacial score (nSPS) is 19.7. The first-order chi connectivity index (χ1) is 20.9. The fourth-order valence-corrected chi connectivity index (χ4v) is 7.83. The van der Waals surface area contributed by atoms with Crippen molar-refractivity contribution < 1.29 is 57.5 Å². The van der Waals surface area contributed by atoms with Gasteiger partial charge in [-0.25, -0.2) is 21.6 Å². The summed E-state index contributed by atoms with van der Waals surface area (Å²) in [6.45, 7) is -0.487. The molecule has 0 bridgehead atoms. The summed E-state index contributed by atoms with van der Waals surface area (Å²) in [5.41, 5.74) is -7.88. The highest BCUT2D eigenvalue weighted by Crippen LogP contribution is 2.54. The minimum Gasteiger partial charge on any atom is -0.354 e. The van der Waals surface area contributed by atoms with Crippen molar-refractivity contribution in [2.24, 2.45) is 0 Å². The van der Waals surface area contributed by atoms with Gasteiger partial charge in [0.15, 0.2) is 9.84 Å². The monoisotopic (exact) mass is 667 g/mol. The topological polar surface area (TPSA) is 72.5 Å². The van der Waals surface area contributed by atoms with Crippen molar-refractivity contribution in [2.75, 3.05) is 0 Å². The van der Waals surface area contributed by atoms with Crippen LogP contribution in [0.5, 0.6) is 0 Å². The second kappa shape index (κ2) is 12.3. The molecular formula is C30H26F9NO4S. The van der Waals surface area contributed by atoms with E-state index in [1.165, 1.54) is 6.92 Å².